The molecule has 0 unspecified atom stereocenters. The van der Waals surface area contributed by atoms with Crippen LogP contribution < -0.4 is 20.3 Å². The van der Waals surface area contributed by atoms with Gasteiger partial charge in [0.25, 0.3) is 0 Å². The number of methoxy groups -OCH3 is 1. The zero-order valence-electron chi connectivity index (χ0n) is 13.4. The smallest absolute Gasteiger partial charge is 0.315 e. The SMILES string of the molecule is COc1cccc(N2C[C@@H](NC(=O)NC3CCCC3)CC2=O)c1. The lowest BCUT2D eigenvalue weighted by Gasteiger charge is -2.19. The van der Waals surface area contributed by atoms with Crippen LogP contribution in [0.2, 0.25) is 0 Å². The number of hydrogen-bond acceptors (Lipinski definition) is 3. The van der Waals surface area contributed by atoms with Gasteiger partial charge < -0.3 is 20.3 Å². The van der Waals surface area contributed by atoms with Gasteiger partial charge in [-0.05, 0) is 25.0 Å². The average molecular weight is 317 g/mol. The van der Waals surface area contributed by atoms with Crippen molar-refractivity contribution in [3.63, 3.8) is 0 Å². The van der Waals surface area contributed by atoms with Crippen molar-refractivity contribution in [3.05, 3.63) is 24.3 Å². The van der Waals surface area contributed by atoms with Crippen LogP contribution >= 0.6 is 0 Å². The standard InChI is InChI=1S/C17H23N3O3/c1-23-15-8-4-7-14(10-15)20-11-13(9-16(20)21)19-17(22)18-12-5-2-3-6-12/h4,7-8,10,12-13H,2-3,5-6,9,11H2,1H3,(H2,18,19,22)/t13-/m0/s1. The first-order valence-corrected chi connectivity index (χ1v) is 8.17. The summed E-state index contributed by atoms with van der Waals surface area (Å²) in [5, 5.41) is 5.91. The summed E-state index contributed by atoms with van der Waals surface area (Å²) in [5.41, 5.74) is 0.801. The van der Waals surface area contributed by atoms with E-state index in [9.17, 15) is 9.59 Å². The number of ether oxygens (including phenoxy) is 1. The van der Waals surface area contributed by atoms with E-state index >= 15 is 0 Å². The molecule has 0 radical (unpaired) electrons. The molecule has 0 bridgehead atoms. The first kappa shape index (κ1) is 15.6. The molecule has 23 heavy (non-hydrogen) atoms. The lowest BCUT2D eigenvalue weighted by Crippen LogP contribution is -2.46. The van der Waals surface area contributed by atoms with E-state index in [1.807, 2.05) is 24.3 Å². The minimum absolute atomic E-state index is 0.0180. The number of nitrogens with one attached hydrogen (secondary N) is 2. The van der Waals surface area contributed by atoms with E-state index in [0.717, 1.165) is 18.5 Å². The van der Waals surface area contributed by atoms with Gasteiger partial charge in [0.2, 0.25) is 5.91 Å². The van der Waals surface area contributed by atoms with Gasteiger partial charge in [-0.2, -0.15) is 0 Å². The Kier molecular flexibility index (Phi) is 4.69. The van der Waals surface area contributed by atoms with Crippen molar-refractivity contribution in [3.8, 4) is 5.75 Å². The van der Waals surface area contributed by atoms with Crippen LogP contribution in [0.1, 0.15) is 32.1 Å². The van der Waals surface area contributed by atoms with Crippen molar-refractivity contribution in [1.29, 1.82) is 0 Å². The first-order valence-electron chi connectivity index (χ1n) is 8.17. The summed E-state index contributed by atoms with van der Waals surface area (Å²) in [4.78, 5) is 26.0. The van der Waals surface area contributed by atoms with Gasteiger partial charge in [-0.25, -0.2) is 4.79 Å². The summed E-state index contributed by atoms with van der Waals surface area (Å²) in [7, 11) is 1.60. The van der Waals surface area contributed by atoms with Gasteiger partial charge in [0, 0.05) is 30.8 Å². The van der Waals surface area contributed by atoms with Gasteiger partial charge >= 0.3 is 6.03 Å². The van der Waals surface area contributed by atoms with E-state index in [1.165, 1.54) is 12.8 Å². The van der Waals surface area contributed by atoms with E-state index in [-0.39, 0.29) is 24.0 Å². The number of benzene rings is 1. The highest BCUT2D eigenvalue weighted by Gasteiger charge is 2.32. The highest BCUT2D eigenvalue weighted by atomic mass is 16.5. The summed E-state index contributed by atoms with van der Waals surface area (Å²) in [6.07, 6.45) is 4.78. The maximum Gasteiger partial charge on any atom is 0.315 e. The van der Waals surface area contributed by atoms with Crippen molar-refractivity contribution in [2.75, 3.05) is 18.6 Å². The maximum atomic E-state index is 12.2. The third-order valence-corrected chi connectivity index (χ3v) is 4.52. The maximum absolute atomic E-state index is 12.2. The Bertz CT molecular complexity index is 584. The zero-order chi connectivity index (χ0) is 16.2. The Hall–Kier alpha value is -2.24. The molecule has 1 heterocycles. The fourth-order valence-corrected chi connectivity index (χ4v) is 3.31. The fraction of sp³-hybridized carbons (Fsp3) is 0.529. The topological polar surface area (TPSA) is 70.7 Å². The normalized spacial score (nSPS) is 21.5. The number of nitrogens with zero attached hydrogens (tertiary/aromatic N) is 1. The van der Waals surface area contributed by atoms with Gasteiger partial charge in [-0.15, -0.1) is 0 Å². The second kappa shape index (κ2) is 6.89. The first-order chi connectivity index (χ1) is 11.2. The minimum Gasteiger partial charge on any atom is -0.497 e. The van der Waals surface area contributed by atoms with E-state index in [4.69, 9.17) is 4.74 Å². The predicted octanol–water partition coefficient (Wildman–Crippen LogP) is 2.04. The van der Waals surface area contributed by atoms with Gasteiger partial charge in [0.05, 0.1) is 13.2 Å². The molecular weight excluding hydrogens is 294 g/mol. The molecule has 1 aliphatic heterocycles. The van der Waals surface area contributed by atoms with Crippen molar-refractivity contribution in [1.82, 2.24) is 10.6 Å². The van der Waals surface area contributed by atoms with Gasteiger partial charge in [-0.3, -0.25) is 4.79 Å². The number of hydrogen-bond donors (Lipinski definition) is 2. The molecule has 1 saturated carbocycles. The third kappa shape index (κ3) is 3.75. The largest absolute Gasteiger partial charge is 0.497 e. The molecule has 6 heteroatoms. The van der Waals surface area contributed by atoms with Crippen LogP contribution in [0, 0.1) is 0 Å². The molecule has 1 atom stereocenters. The predicted molar refractivity (Wildman–Crippen MR) is 87.7 cm³/mol. The van der Waals surface area contributed by atoms with E-state index in [2.05, 4.69) is 10.6 Å². The number of anilines is 1. The van der Waals surface area contributed by atoms with E-state index in [1.54, 1.807) is 12.0 Å². The number of rotatable bonds is 4. The van der Waals surface area contributed by atoms with E-state index < -0.39 is 0 Å². The Balaban J connectivity index is 1.57. The second-order valence-electron chi connectivity index (χ2n) is 6.21. The molecule has 2 fully saturated rings. The molecule has 3 rings (SSSR count). The summed E-state index contributed by atoms with van der Waals surface area (Å²) < 4.78 is 5.20. The second-order valence-corrected chi connectivity index (χ2v) is 6.21. The Morgan fingerprint density at radius 2 is 1.96 bits per heavy atom. The Labute approximate surface area is 136 Å². The van der Waals surface area contributed by atoms with Gasteiger partial charge in [0.1, 0.15) is 5.75 Å². The molecule has 3 amide bonds. The van der Waals surface area contributed by atoms with Crippen LogP contribution in [0.15, 0.2) is 24.3 Å². The molecule has 0 aromatic heterocycles. The van der Waals surface area contributed by atoms with Crippen LogP contribution in [-0.4, -0.2) is 37.7 Å². The zero-order valence-corrected chi connectivity index (χ0v) is 13.4. The summed E-state index contributed by atoms with van der Waals surface area (Å²) in [5.74, 6) is 0.732. The fourth-order valence-electron chi connectivity index (χ4n) is 3.31. The van der Waals surface area contributed by atoms with Gasteiger partial charge in [0.15, 0.2) is 0 Å². The average Bonchev–Trinajstić information content (AvgIpc) is 3.17. The van der Waals surface area contributed by atoms with Crippen molar-refractivity contribution >= 4 is 17.6 Å². The number of carbonyl (C=O) groups excluding carboxylic acids is 2. The van der Waals surface area contributed by atoms with Crippen LogP contribution in [0.25, 0.3) is 0 Å². The van der Waals surface area contributed by atoms with Crippen LogP contribution in [0.4, 0.5) is 10.5 Å². The van der Waals surface area contributed by atoms with Crippen molar-refractivity contribution < 1.29 is 14.3 Å². The molecule has 1 aliphatic carbocycles. The summed E-state index contributed by atoms with van der Waals surface area (Å²) >= 11 is 0. The van der Waals surface area contributed by atoms with Crippen molar-refractivity contribution in [2.45, 2.75) is 44.2 Å². The van der Waals surface area contributed by atoms with Crippen LogP contribution in [0.3, 0.4) is 0 Å². The lowest BCUT2D eigenvalue weighted by molar-refractivity contribution is -0.117. The van der Waals surface area contributed by atoms with E-state index in [0.29, 0.717) is 18.7 Å². The Morgan fingerprint density at radius 1 is 1.22 bits per heavy atom. The van der Waals surface area contributed by atoms with Crippen LogP contribution in [0.5, 0.6) is 5.75 Å². The quantitative estimate of drug-likeness (QED) is 0.893. The molecule has 1 saturated heterocycles. The van der Waals surface area contributed by atoms with Crippen molar-refractivity contribution in [2.24, 2.45) is 0 Å². The monoisotopic (exact) mass is 317 g/mol. The molecule has 1 aromatic rings. The molecule has 2 aliphatic rings. The highest BCUT2D eigenvalue weighted by molar-refractivity contribution is 5.97. The molecule has 124 valence electrons. The number of carbonyl (C=O) groups is 2. The number of amides is 3. The number of urea groups is 1. The summed E-state index contributed by atoms with van der Waals surface area (Å²) in [6, 6.07) is 7.36. The third-order valence-electron chi connectivity index (χ3n) is 4.52. The Morgan fingerprint density at radius 3 is 2.70 bits per heavy atom. The highest BCUT2D eigenvalue weighted by Crippen LogP contribution is 2.25. The molecule has 6 nitrogen and oxygen atoms in total. The minimum atomic E-state index is -0.165. The lowest BCUT2D eigenvalue weighted by atomic mass is 10.2. The molecule has 2 N–H and O–H groups in total. The molecular formula is C17H23N3O3. The molecule has 0 spiro atoms. The van der Waals surface area contributed by atoms with Gasteiger partial charge in [-0.1, -0.05) is 18.9 Å². The summed E-state index contributed by atoms with van der Waals surface area (Å²) in [6.45, 7) is 0.490. The van der Waals surface area contributed by atoms with Crippen LogP contribution in [-0.2, 0) is 4.79 Å². The molecule has 1 aromatic carbocycles.